The quantitative estimate of drug-likeness (QED) is 0.0196. The van der Waals surface area contributed by atoms with Gasteiger partial charge in [-0.2, -0.15) is 0 Å². The fourth-order valence-electron chi connectivity index (χ4n) is 8.51. The Bertz CT molecular complexity index is 1230. The second-order valence-corrected chi connectivity index (χ2v) is 19.3. The summed E-state index contributed by atoms with van der Waals surface area (Å²) in [6.07, 6.45) is 40.5. The monoisotopic (exact) mass is 950 g/mol. The maximum absolute atomic E-state index is 13.3. The molecule has 392 valence electrons. The van der Waals surface area contributed by atoms with E-state index >= 15 is 0 Å². The van der Waals surface area contributed by atoms with E-state index in [-0.39, 0.29) is 19.4 Å². The van der Waals surface area contributed by atoms with Gasteiger partial charge in [0.15, 0.2) is 12.4 Å². The van der Waals surface area contributed by atoms with Crippen molar-refractivity contribution in [3.05, 3.63) is 36.5 Å². The maximum atomic E-state index is 13.3. The summed E-state index contributed by atoms with van der Waals surface area (Å²) in [6.45, 7) is 5.71. The minimum absolute atomic E-state index is 0.114. The van der Waals surface area contributed by atoms with Gasteiger partial charge in [-0.05, 0) is 70.6 Å². The number of rotatable bonds is 46. The molecule has 1 heterocycles. The van der Waals surface area contributed by atoms with E-state index < -0.39 is 67.4 Å². The standard InChI is InChI=1S/C56H103NO10/c1-4-7-10-13-16-19-22-24-26-29-31-34-37-40-43-49(60)55(64)57-47(48(59)42-39-36-33-30-28-25-23-20-17-14-11-8-5-2)46-65-56-54(53(63)52(62)50(45-58)66-56)67-51(61)44-41-38-35-32-27-21-18-15-12-9-6-3/h15,18-19,22,39,42,47-50,52-54,56,58-60,62-63H,4-14,16-17,20-21,23-38,40-41,43-46H2,1-3H3,(H,57,64)/b18-15-,22-19-,42-39+. The number of aliphatic hydroxyl groups excluding tert-OH is 5. The van der Waals surface area contributed by atoms with Crippen molar-refractivity contribution >= 4 is 11.9 Å². The van der Waals surface area contributed by atoms with E-state index in [0.29, 0.717) is 12.8 Å². The van der Waals surface area contributed by atoms with Gasteiger partial charge in [-0.25, -0.2) is 0 Å². The number of hydrogen-bond acceptors (Lipinski definition) is 10. The highest BCUT2D eigenvalue weighted by Crippen LogP contribution is 2.26. The first-order valence-electron chi connectivity index (χ1n) is 27.8. The van der Waals surface area contributed by atoms with E-state index in [1.807, 2.05) is 6.08 Å². The third kappa shape index (κ3) is 34.0. The molecule has 8 atom stereocenters. The molecule has 0 bridgehead atoms. The lowest BCUT2D eigenvalue weighted by Crippen LogP contribution is -2.61. The lowest BCUT2D eigenvalue weighted by molar-refractivity contribution is -0.305. The Kier molecular flexibility index (Phi) is 42.3. The highest BCUT2D eigenvalue weighted by molar-refractivity contribution is 5.80. The Hall–Kier alpha value is -2.12. The Balaban J connectivity index is 2.77. The number of esters is 1. The van der Waals surface area contributed by atoms with E-state index in [1.165, 1.54) is 109 Å². The molecule has 0 radical (unpaired) electrons. The van der Waals surface area contributed by atoms with Crippen LogP contribution in [0.5, 0.6) is 0 Å². The SMILES string of the molecule is CCCC/C=C\CCCCCCCC(=O)OC1C(OCC(NC(=O)C(O)CCCCCCCC/C=C\CCCCCC)C(O)/C=C/CCCCCCCCCCCCC)OC(CO)C(O)C1O. The molecule has 0 aromatic carbocycles. The smallest absolute Gasteiger partial charge is 0.306 e. The zero-order valence-electron chi connectivity index (χ0n) is 43.0. The highest BCUT2D eigenvalue weighted by Gasteiger charge is 2.47. The van der Waals surface area contributed by atoms with Crippen molar-refractivity contribution in [3.8, 4) is 0 Å². The molecule has 1 amide bonds. The molecule has 0 saturated carbocycles. The van der Waals surface area contributed by atoms with Crippen LogP contribution in [0.2, 0.25) is 0 Å². The molecule has 0 aromatic rings. The summed E-state index contributed by atoms with van der Waals surface area (Å²) in [5, 5.41) is 56.7. The van der Waals surface area contributed by atoms with Crippen molar-refractivity contribution in [1.29, 1.82) is 0 Å². The molecule has 11 nitrogen and oxygen atoms in total. The summed E-state index contributed by atoms with van der Waals surface area (Å²) in [5.41, 5.74) is 0. The average Bonchev–Trinajstić information content (AvgIpc) is 3.32. The molecule has 1 rings (SSSR count). The van der Waals surface area contributed by atoms with Crippen LogP contribution in [0.3, 0.4) is 0 Å². The third-order valence-corrected chi connectivity index (χ3v) is 13.0. The maximum Gasteiger partial charge on any atom is 0.306 e. The first-order valence-corrected chi connectivity index (χ1v) is 27.8. The van der Waals surface area contributed by atoms with Gasteiger partial charge in [-0.3, -0.25) is 9.59 Å². The number of ether oxygens (including phenoxy) is 3. The summed E-state index contributed by atoms with van der Waals surface area (Å²) in [4.78, 5) is 26.4. The van der Waals surface area contributed by atoms with Crippen LogP contribution in [0.25, 0.3) is 0 Å². The van der Waals surface area contributed by atoms with Gasteiger partial charge in [-0.1, -0.05) is 205 Å². The molecule has 1 saturated heterocycles. The zero-order chi connectivity index (χ0) is 49.0. The van der Waals surface area contributed by atoms with Gasteiger partial charge in [0.2, 0.25) is 5.91 Å². The topological polar surface area (TPSA) is 175 Å². The van der Waals surface area contributed by atoms with Crippen molar-refractivity contribution in [2.24, 2.45) is 0 Å². The highest BCUT2D eigenvalue weighted by atomic mass is 16.7. The normalized spacial score (nSPS) is 20.3. The number of aliphatic hydroxyl groups is 5. The Morgan fingerprint density at radius 1 is 0.567 bits per heavy atom. The van der Waals surface area contributed by atoms with Gasteiger partial charge in [-0.15, -0.1) is 0 Å². The van der Waals surface area contributed by atoms with Gasteiger partial charge >= 0.3 is 5.97 Å². The molecule has 0 spiro atoms. The molecule has 67 heavy (non-hydrogen) atoms. The molecule has 1 aliphatic rings. The lowest BCUT2D eigenvalue weighted by Gasteiger charge is -2.41. The molecule has 1 aliphatic heterocycles. The van der Waals surface area contributed by atoms with Crippen LogP contribution in [-0.2, 0) is 23.8 Å². The van der Waals surface area contributed by atoms with Gasteiger partial charge in [0.25, 0.3) is 0 Å². The van der Waals surface area contributed by atoms with Gasteiger partial charge in [0.1, 0.15) is 24.4 Å². The summed E-state index contributed by atoms with van der Waals surface area (Å²) in [6, 6.07) is -1.02. The minimum Gasteiger partial charge on any atom is -0.454 e. The van der Waals surface area contributed by atoms with Crippen molar-refractivity contribution < 1.29 is 49.3 Å². The molecule has 1 fully saturated rings. The summed E-state index contributed by atoms with van der Waals surface area (Å²) in [5.74, 6) is -1.21. The van der Waals surface area contributed by atoms with Gasteiger partial charge < -0.3 is 45.1 Å². The predicted molar refractivity (Wildman–Crippen MR) is 274 cm³/mol. The summed E-state index contributed by atoms with van der Waals surface area (Å²) in [7, 11) is 0. The average molecular weight is 950 g/mol. The number of allylic oxidation sites excluding steroid dienone is 5. The van der Waals surface area contributed by atoms with E-state index in [2.05, 4.69) is 50.4 Å². The van der Waals surface area contributed by atoms with E-state index in [9.17, 15) is 35.1 Å². The lowest BCUT2D eigenvalue weighted by atomic mass is 9.99. The molecular weight excluding hydrogens is 847 g/mol. The Labute approximate surface area is 409 Å². The number of unbranched alkanes of at least 4 members (excludes halogenated alkanes) is 28. The molecule has 8 unspecified atom stereocenters. The molecule has 0 aliphatic carbocycles. The molecule has 6 N–H and O–H groups in total. The first-order chi connectivity index (χ1) is 32.7. The number of carbonyl (C=O) groups excluding carboxylic acids is 2. The summed E-state index contributed by atoms with van der Waals surface area (Å²) >= 11 is 0. The van der Waals surface area contributed by atoms with Crippen LogP contribution in [0, 0.1) is 0 Å². The Morgan fingerprint density at radius 2 is 1.00 bits per heavy atom. The van der Waals surface area contributed by atoms with Crippen molar-refractivity contribution in [2.75, 3.05) is 13.2 Å². The molecule has 11 heteroatoms. The first kappa shape index (κ1) is 62.9. The van der Waals surface area contributed by atoms with Crippen LogP contribution in [0.4, 0.5) is 0 Å². The number of hydrogen-bond donors (Lipinski definition) is 6. The molecule has 0 aromatic heterocycles. The predicted octanol–water partition coefficient (Wildman–Crippen LogP) is 11.9. The molecular formula is C56H103NO10. The second-order valence-electron chi connectivity index (χ2n) is 19.3. The number of nitrogens with one attached hydrogen (secondary N) is 1. The van der Waals surface area contributed by atoms with Gasteiger partial charge in [0.05, 0.1) is 25.4 Å². The van der Waals surface area contributed by atoms with Crippen LogP contribution in [-0.4, -0.2) is 99.6 Å². The third-order valence-electron chi connectivity index (χ3n) is 13.0. The minimum atomic E-state index is -1.61. The van der Waals surface area contributed by atoms with E-state index in [1.54, 1.807) is 6.08 Å². The number of amides is 1. The van der Waals surface area contributed by atoms with Crippen LogP contribution in [0.1, 0.15) is 245 Å². The van der Waals surface area contributed by atoms with E-state index in [0.717, 1.165) is 89.9 Å². The number of carbonyl (C=O) groups is 2. The Morgan fingerprint density at radius 3 is 1.51 bits per heavy atom. The van der Waals surface area contributed by atoms with Gasteiger partial charge in [0, 0.05) is 6.42 Å². The van der Waals surface area contributed by atoms with Crippen LogP contribution < -0.4 is 5.32 Å². The van der Waals surface area contributed by atoms with Crippen LogP contribution in [0.15, 0.2) is 36.5 Å². The van der Waals surface area contributed by atoms with Crippen molar-refractivity contribution in [2.45, 2.75) is 294 Å². The van der Waals surface area contributed by atoms with Crippen molar-refractivity contribution in [1.82, 2.24) is 5.32 Å². The largest absolute Gasteiger partial charge is 0.454 e. The van der Waals surface area contributed by atoms with Crippen LogP contribution >= 0.6 is 0 Å². The fourth-order valence-corrected chi connectivity index (χ4v) is 8.51. The zero-order valence-corrected chi connectivity index (χ0v) is 43.0. The second kappa shape index (κ2) is 45.0. The van der Waals surface area contributed by atoms with E-state index in [4.69, 9.17) is 14.2 Å². The van der Waals surface area contributed by atoms with Crippen molar-refractivity contribution in [3.63, 3.8) is 0 Å². The fraction of sp³-hybridized carbons (Fsp3) is 0.857. The summed E-state index contributed by atoms with van der Waals surface area (Å²) < 4.78 is 17.5.